The molecule has 0 aromatic rings. The van der Waals surface area contributed by atoms with Crippen molar-refractivity contribution in [1.82, 2.24) is 0 Å². The van der Waals surface area contributed by atoms with Crippen LogP contribution in [0.25, 0.3) is 0 Å². The third-order valence-corrected chi connectivity index (χ3v) is 7.40. The van der Waals surface area contributed by atoms with Crippen LogP contribution in [-0.4, -0.2) is 13.9 Å². The van der Waals surface area contributed by atoms with Crippen molar-refractivity contribution in [2.75, 3.05) is 0 Å². The van der Waals surface area contributed by atoms with Crippen LogP contribution in [0.5, 0.6) is 0 Å². The number of hydrogen-bond donors (Lipinski definition) is 0. The Balaban J connectivity index is 2.26. The smallest absolute Gasteiger partial charge is 0.304 e. The number of alkyl halides is 2. The average molecular weight is 359 g/mol. The normalized spacial score (nSPS) is 48.1. The Labute approximate surface area is 100 Å². The third-order valence-electron chi connectivity index (χ3n) is 3.21. The number of carbonyl (C=O) groups is 1. The van der Waals surface area contributed by atoms with Crippen LogP contribution in [0.3, 0.4) is 0 Å². The molecule has 2 rings (SSSR count). The van der Waals surface area contributed by atoms with Crippen LogP contribution >= 0.6 is 38.5 Å². The largest absolute Gasteiger partial charge is 0.446 e. The molecule has 2 bridgehead atoms. The van der Waals surface area contributed by atoms with E-state index < -0.39 is 0 Å². The van der Waals surface area contributed by atoms with E-state index in [-0.39, 0.29) is 13.9 Å². The lowest BCUT2D eigenvalue weighted by Crippen LogP contribution is -2.41. The monoisotopic (exact) mass is 358 g/mol. The third kappa shape index (κ3) is 1.35. The van der Waals surface area contributed by atoms with Crippen molar-refractivity contribution in [2.24, 2.45) is 5.92 Å². The molecule has 0 aromatic carbocycles. The van der Waals surface area contributed by atoms with E-state index >= 15 is 0 Å². The molecule has 0 N–H and O–H groups in total. The van der Waals surface area contributed by atoms with E-state index in [1.54, 1.807) is 0 Å². The maximum Gasteiger partial charge on any atom is 0.304 e. The van der Waals surface area contributed by atoms with Gasteiger partial charge in [0, 0.05) is 12.8 Å². The molecule has 0 heterocycles. The van der Waals surface area contributed by atoms with Crippen LogP contribution in [-0.2, 0) is 9.53 Å². The SMILES string of the molecule is CC(=O)OC1(Br)C2CCC1(I)CC2. The topological polar surface area (TPSA) is 26.3 Å². The second-order valence-corrected chi connectivity index (χ2v) is 7.22. The molecule has 13 heavy (non-hydrogen) atoms. The van der Waals surface area contributed by atoms with E-state index in [1.807, 2.05) is 0 Å². The van der Waals surface area contributed by atoms with Crippen molar-refractivity contribution in [1.29, 1.82) is 0 Å². The number of fused-ring (bicyclic) bond motifs is 2. The summed E-state index contributed by atoms with van der Waals surface area (Å²) in [6.07, 6.45) is 4.69. The number of hydrogen-bond acceptors (Lipinski definition) is 2. The average Bonchev–Trinajstić information content (AvgIpc) is 2.36. The predicted octanol–water partition coefficient (Wildman–Crippen LogP) is 3.02. The number of esters is 1. The molecule has 2 nitrogen and oxygen atoms in total. The lowest BCUT2D eigenvalue weighted by molar-refractivity contribution is -0.149. The second-order valence-electron chi connectivity index (χ2n) is 3.98. The summed E-state index contributed by atoms with van der Waals surface area (Å²) in [5, 5.41) is 0. The minimum Gasteiger partial charge on any atom is -0.446 e. The molecule has 4 heteroatoms. The second kappa shape index (κ2) is 3.08. The molecule has 2 fully saturated rings. The van der Waals surface area contributed by atoms with Crippen LogP contribution < -0.4 is 0 Å². The van der Waals surface area contributed by atoms with Gasteiger partial charge in [-0.2, -0.15) is 0 Å². The van der Waals surface area contributed by atoms with Gasteiger partial charge in [0.05, 0.1) is 3.42 Å². The van der Waals surface area contributed by atoms with Gasteiger partial charge in [0.1, 0.15) is 0 Å². The first-order chi connectivity index (χ1) is 5.98. The molecule has 0 amide bonds. The zero-order chi connectivity index (χ0) is 9.69. The fraction of sp³-hybridized carbons (Fsp3) is 0.889. The van der Waals surface area contributed by atoms with Crippen molar-refractivity contribution >= 4 is 44.5 Å². The van der Waals surface area contributed by atoms with Crippen molar-refractivity contribution in [3.05, 3.63) is 0 Å². The van der Waals surface area contributed by atoms with Gasteiger partial charge < -0.3 is 4.74 Å². The summed E-state index contributed by atoms with van der Waals surface area (Å²) in [6, 6.07) is 0. The molecule has 0 aromatic heterocycles. The van der Waals surface area contributed by atoms with Gasteiger partial charge in [0.2, 0.25) is 0 Å². The standard InChI is InChI=1S/C9H12BrIO2/c1-6(12)13-9(10)7-2-4-8(9,11)5-3-7/h7H,2-5H2,1H3. The van der Waals surface area contributed by atoms with Crippen LogP contribution in [0, 0.1) is 5.92 Å². The van der Waals surface area contributed by atoms with Gasteiger partial charge in [0.15, 0.2) is 4.51 Å². The van der Waals surface area contributed by atoms with Gasteiger partial charge in [0.25, 0.3) is 0 Å². The highest BCUT2D eigenvalue weighted by Crippen LogP contribution is 2.64. The maximum absolute atomic E-state index is 11.0. The summed E-state index contributed by atoms with van der Waals surface area (Å²) in [6.45, 7) is 1.49. The van der Waals surface area contributed by atoms with Crippen molar-refractivity contribution in [2.45, 2.75) is 40.5 Å². The van der Waals surface area contributed by atoms with Crippen molar-refractivity contribution in [3.8, 4) is 0 Å². The van der Waals surface area contributed by atoms with Crippen LogP contribution in [0.2, 0.25) is 0 Å². The van der Waals surface area contributed by atoms with Gasteiger partial charge >= 0.3 is 5.97 Å². The molecule has 1 atom stereocenters. The van der Waals surface area contributed by atoms with Crippen LogP contribution in [0.1, 0.15) is 32.6 Å². The first-order valence-electron chi connectivity index (χ1n) is 4.55. The number of ether oxygens (including phenoxy) is 1. The molecule has 0 saturated heterocycles. The van der Waals surface area contributed by atoms with Gasteiger partial charge in [-0.15, -0.1) is 0 Å². The highest BCUT2D eigenvalue weighted by Gasteiger charge is 2.64. The van der Waals surface area contributed by atoms with Gasteiger partial charge in [-0.3, -0.25) is 4.79 Å². The molecule has 74 valence electrons. The summed E-state index contributed by atoms with van der Waals surface area (Å²) < 4.78 is 5.23. The molecule has 0 radical (unpaired) electrons. The maximum atomic E-state index is 11.0. The number of rotatable bonds is 1. The number of carbonyl (C=O) groups excluding carboxylic acids is 1. The van der Waals surface area contributed by atoms with E-state index in [9.17, 15) is 4.79 Å². The fourth-order valence-electron chi connectivity index (χ4n) is 2.54. The zero-order valence-corrected chi connectivity index (χ0v) is 11.2. The van der Waals surface area contributed by atoms with Crippen LogP contribution in [0.15, 0.2) is 0 Å². The molecule has 2 aliphatic carbocycles. The minimum absolute atomic E-state index is 0.140. The highest BCUT2D eigenvalue weighted by molar-refractivity contribution is 14.1. The Morgan fingerprint density at radius 2 is 2.08 bits per heavy atom. The fourth-order valence-corrected chi connectivity index (χ4v) is 4.79. The summed E-state index contributed by atoms with van der Waals surface area (Å²) in [7, 11) is 0. The Bertz CT molecular complexity index is 248. The quantitative estimate of drug-likeness (QED) is 0.409. The predicted molar refractivity (Wildman–Crippen MR) is 62.1 cm³/mol. The summed E-state index contributed by atoms with van der Waals surface area (Å²) in [5.41, 5.74) is 0. The molecule has 0 spiro atoms. The zero-order valence-electron chi connectivity index (χ0n) is 7.48. The molecular weight excluding hydrogens is 347 g/mol. The van der Waals surface area contributed by atoms with E-state index in [1.165, 1.54) is 19.8 Å². The Kier molecular flexibility index (Phi) is 2.42. The molecular formula is C9H12BrIO2. The van der Waals surface area contributed by atoms with E-state index in [2.05, 4.69) is 38.5 Å². The molecule has 1 unspecified atom stereocenters. The Hall–Kier alpha value is 0.680. The van der Waals surface area contributed by atoms with Gasteiger partial charge in [-0.25, -0.2) is 0 Å². The van der Waals surface area contributed by atoms with Crippen LogP contribution in [0.4, 0.5) is 0 Å². The molecule has 2 saturated carbocycles. The van der Waals surface area contributed by atoms with E-state index in [4.69, 9.17) is 4.74 Å². The summed E-state index contributed by atoms with van der Waals surface area (Å²) in [5.74, 6) is 0.347. The van der Waals surface area contributed by atoms with Gasteiger partial charge in [-0.1, -0.05) is 22.6 Å². The first-order valence-corrected chi connectivity index (χ1v) is 6.42. The number of halogens is 2. The van der Waals surface area contributed by atoms with E-state index in [0.29, 0.717) is 5.92 Å². The summed E-state index contributed by atoms with van der Waals surface area (Å²) >= 11 is 6.10. The Morgan fingerprint density at radius 1 is 1.54 bits per heavy atom. The highest BCUT2D eigenvalue weighted by atomic mass is 127. The lowest BCUT2D eigenvalue weighted by atomic mass is 10.0. The van der Waals surface area contributed by atoms with Gasteiger partial charge in [-0.05, 0) is 41.6 Å². The Morgan fingerprint density at radius 3 is 2.38 bits per heavy atom. The summed E-state index contributed by atoms with van der Waals surface area (Å²) in [4.78, 5) is 11.0. The molecule has 0 aliphatic heterocycles. The lowest BCUT2D eigenvalue weighted by Gasteiger charge is -2.33. The van der Waals surface area contributed by atoms with E-state index in [0.717, 1.165) is 12.8 Å². The minimum atomic E-state index is -0.369. The van der Waals surface area contributed by atoms with Crippen molar-refractivity contribution < 1.29 is 9.53 Å². The van der Waals surface area contributed by atoms with Crippen molar-refractivity contribution in [3.63, 3.8) is 0 Å². The molecule has 2 aliphatic rings. The first kappa shape index (κ1) is 10.2.